The fourth-order valence-corrected chi connectivity index (χ4v) is 3.08. The van der Waals surface area contributed by atoms with Crippen molar-refractivity contribution in [3.63, 3.8) is 0 Å². The molecule has 2 aromatic carbocycles. The van der Waals surface area contributed by atoms with Crippen molar-refractivity contribution in [2.24, 2.45) is 5.73 Å². The highest BCUT2D eigenvalue weighted by atomic mass is 32.2. The summed E-state index contributed by atoms with van der Waals surface area (Å²) >= 11 is 1.43. The molecule has 0 aliphatic rings. The number of benzene rings is 2. The van der Waals surface area contributed by atoms with Crippen molar-refractivity contribution in [1.82, 2.24) is 5.32 Å². The fourth-order valence-electron chi connectivity index (χ4n) is 2.37. The third-order valence-corrected chi connectivity index (χ3v) is 4.83. The van der Waals surface area contributed by atoms with E-state index in [1.807, 2.05) is 30.3 Å². The van der Waals surface area contributed by atoms with E-state index in [-0.39, 0.29) is 17.1 Å². The molecule has 25 heavy (non-hydrogen) atoms. The third-order valence-electron chi connectivity index (χ3n) is 3.81. The second-order valence-corrected chi connectivity index (χ2v) is 7.93. The third kappa shape index (κ3) is 5.64. The lowest BCUT2D eigenvalue weighted by molar-refractivity contribution is -0.126. The lowest BCUT2D eigenvalue weighted by Gasteiger charge is -2.19. The van der Waals surface area contributed by atoms with Crippen molar-refractivity contribution in [3.05, 3.63) is 65.7 Å². The molecule has 0 bridgehead atoms. The molecule has 4 nitrogen and oxygen atoms in total. The molecule has 2 rings (SSSR count). The molecule has 0 aliphatic heterocycles. The van der Waals surface area contributed by atoms with Crippen LogP contribution < -0.4 is 11.1 Å². The number of carbonyl (C=O) groups is 2. The molecule has 3 N–H and O–H groups in total. The first kappa shape index (κ1) is 19.1. The molecule has 0 fully saturated rings. The van der Waals surface area contributed by atoms with Crippen molar-refractivity contribution in [3.8, 4) is 0 Å². The molecule has 2 amide bonds. The van der Waals surface area contributed by atoms with Gasteiger partial charge >= 0.3 is 0 Å². The van der Waals surface area contributed by atoms with Crippen molar-refractivity contribution in [2.75, 3.05) is 5.75 Å². The lowest BCUT2D eigenvalue weighted by atomic mass is 9.87. The molecular formula is C20H24N2O2S. The molecular weight excluding hydrogens is 332 g/mol. The average Bonchev–Trinajstić information content (AvgIpc) is 2.58. The summed E-state index contributed by atoms with van der Waals surface area (Å²) in [6.45, 7) is 6.49. The zero-order valence-corrected chi connectivity index (χ0v) is 15.6. The van der Waals surface area contributed by atoms with Crippen LogP contribution in [-0.2, 0) is 15.0 Å². The van der Waals surface area contributed by atoms with Crippen LogP contribution >= 0.6 is 11.8 Å². The smallest absolute Gasteiger partial charge is 0.244 e. The van der Waals surface area contributed by atoms with Gasteiger partial charge in [0, 0.05) is 4.90 Å². The quantitative estimate of drug-likeness (QED) is 0.779. The fraction of sp³-hybridized carbons (Fsp3) is 0.300. The largest absolute Gasteiger partial charge is 0.368 e. The van der Waals surface area contributed by atoms with Crippen LogP contribution in [0.5, 0.6) is 0 Å². The molecule has 132 valence electrons. The van der Waals surface area contributed by atoms with E-state index < -0.39 is 11.9 Å². The molecule has 0 radical (unpaired) electrons. The van der Waals surface area contributed by atoms with E-state index in [1.54, 1.807) is 12.1 Å². The molecule has 0 aromatic heterocycles. The van der Waals surface area contributed by atoms with Gasteiger partial charge in [-0.05, 0) is 28.7 Å². The average molecular weight is 356 g/mol. The number of carbonyl (C=O) groups excluding carboxylic acids is 2. The van der Waals surface area contributed by atoms with Crippen LogP contribution in [0.4, 0.5) is 0 Å². The van der Waals surface area contributed by atoms with E-state index in [4.69, 9.17) is 5.73 Å². The predicted octanol–water partition coefficient (Wildman–Crippen LogP) is 3.42. The number of nitrogens with two attached hydrogens (primary N) is 1. The van der Waals surface area contributed by atoms with Gasteiger partial charge in [-0.1, -0.05) is 63.2 Å². The first-order chi connectivity index (χ1) is 11.8. The number of amides is 2. The first-order valence-corrected chi connectivity index (χ1v) is 9.13. The molecule has 0 saturated heterocycles. The van der Waals surface area contributed by atoms with Crippen molar-refractivity contribution < 1.29 is 9.59 Å². The number of nitrogens with one attached hydrogen (secondary N) is 1. The topological polar surface area (TPSA) is 72.2 Å². The van der Waals surface area contributed by atoms with Crippen LogP contribution in [0.1, 0.15) is 37.9 Å². The van der Waals surface area contributed by atoms with Crippen LogP contribution in [0.3, 0.4) is 0 Å². The van der Waals surface area contributed by atoms with Crippen LogP contribution in [0.15, 0.2) is 59.5 Å². The molecule has 0 spiro atoms. The van der Waals surface area contributed by atoms with E-state index in [0.29, 0.717) is 5.56 Å². The number of rotatable bonds is 6. The van der Waals surface area contributed by atoms with Crippen LogP contribution in [0.25, 0.3) is 0 Å². The maximum atomic E-state index is 12.2. The monoisotopic (exact) mass is 356 g/mol. The van der Waals surface area contributed by atoms with Crippen molar-refractivity contribution in [2.45, 2.75) is 37.1 Å². The number of thioether (sulfide) groups is 1. The lowest BCUT2D eigenvalue weighted by Crippen LogP contribution is -2.38. The minimum Gasteiger partial charge on any atom is -0.368 e. The summed E-state index contributed by atoms with van der Waals surface area (Å²) < 4.78 is 0. The van der Waals surface area contributed by atoms with Crippen LogP contribution in [0.2, 0.25) is 0 Å². The minimum atomic E-state index is -0.808. The Morgan fingerprint density at radius 2 is 1.64 bits per heavy atom. The normalized spacial score (nSPS) is 12.4. The van der Waals surface area contributed by atoms with E-state index in [0.717, 1.165) is 4.90 Å². The summed E-state index contributed by atoms with van der Waals surface area (Å²) in [4.78, 5) is 24.8. The standard InChI is InChI=1S/C20H24N2O2S/c1-20(2,3)15-9-11-16(12-10-15)25-13-17(23)22-18(19(21)24)14-7-5-4-6-8-14/h4-12,18H,13H2,1-3H3,(H2,21,24)(H,22,23). The highest BCUT2D eigenvalue weighted by Gasteiger charge is 2.20. The van der Waals surface area contributed by atoms with Gasteiger partial charge in [0.1, 0.15) is 6.04 Å². The van der Waals surface area contributed by atoms with Gasteiger partial charge in [0.2, 0.25) is 11.8 Å². The second-order valence-electron chi connectivity index (χ2n) is 6.88. The summed E-state index contributed by atoms with van der Waals surface area (Å²) in [6.07, 6.45) is 0. The van der Waals surface area contributed by atoms with Gasteiger partial charge in [-0.3, -0.25) is 9.59 Å². The van der Waals surface area contributed by atoms with Gasteiger partial charge in [0.25, 0.3) is 0 Å². The molecule has 0 heterocycles. The van der Waals surface area contributed by atoms with Gasteiger partial charge in [-0.15, -0.1) is 11.8 Å². The Bertz CT molecular complexity index is 722. The Hall–Kier alpha value is -2.27. The van der Waals surface area contributed by atoms with E-state index in [2.05, 4.69) is 38.2 Å². The van der Waals surface area contributed by atoms with Gasteiger partial charge in [0.15, 0.2) is 0 Å². The van der Waals surface area contributed by atoms with E-state index >= 15 is 0 Å². The Kier molecular flexibility index (Phi) is 6.26. The summed E-state index contributed by atoms with van der Waals surface area (Å²) in [5, 5.41) is 2.70. The number of hydrogen-bond donors (Lipinski definition) is 2. The zero-order valence-electron chi connectivity index (χ0n) is 14.8. The van der Waals surface area contributed by atoms with Gasteiger partial charge in [-0.25, -0.2) is 0 Å². The highest BCUT2D eigenvalue weighted by Crippen LogP contribution is 2.25. The second kappa shape index (κ2) is 8.21. The maximum absolute atomic E-state index is 12.2. The summed E-state index contributed by atoms with van der Waals surface area (Å²) in [7, 11) is 0. The molecule has 2 aromatic rings. The molecule has 5 heteroatoms. The SMILES string of the molecule is CC(C)(C)c1ccc(SCC(=O)NC(C(N)=O)c2ccccc2)cc1. The van der Waals surface area contributed by atoms with Gasteiger partial charge < -0.3 is 11.1 Å². The van der Waals surface area contributed by atoms with Gasteiger partial charge in [-0.2, -0.15) is 0 Å². The van der Waals surface area contributed by atoms with Crippen molar-refractivity contribution in [1.29, 1.82) is 0 Å². The first-order valence-electron chi connectivity index (χ1n) is 8.14. The Balaban J connectivity index is 1.94. The van der Waals surface area contributed by atoms with E-state index in [9.17, 15) is 9.59 Å². The van der Waals surface area contributed by atoms with Crippen LogP contribution in [-0.4, -0.2) is 17.6 Å². The molecule has 0 saturated carbocycles. The predicted molar refractivity (Wildman–Crippen MR) is 102 cm³/mol. The highest BCUT2D eigenvalue weighted by molar-refractivity contribution is 8.00. The zero-order chi connectivity index (χ0) is 18.4. The molecule has 0 aliphatic carbocycles. The molecule has 1 unspecified atom stereocenters. The Labute approximate surface area is 153 Å². The summed E-state index contributed by atoms with van der Waals surface area (Å²) in [6, 6.07) is 16.4. The Morgan fingerprint density at radius 1 is 1.04 bits per heavy atom. The van der Waals surface area contributed by atoms with Crippen LogP contribution in [0, 0.1) is 0 Å². The summed E-state index contributed by atoms with van der Waals surface area (Å²) in [5.74, 6) is -0.567. The van der Waals surface area contributed by atoms with Crippen molar-refractivity contribution >= 4 is 23.6 Å². The number of primary amides is 1. The minimum absolute atomic E-state index is 0.102. The Morgan fingerprint density at radius 3 is 2.16 bits per heavy atom. The summed E-state index contributed by atoms with van der Waals surface area (Å²) in [5.41, 5.74) is 7.46. The molecule has 1 atom stereocenters. The maximum Gasteiger partial charge on any atom is 0.244 e. The van der Waals surface area contributed by atoms with Gasteiger partial charge in [0.05, 0.1) is 5.75 Å². The number of hydrogen-bond acceptors (Lipinski definition) is 3. The van der Waals surface area contributed by atoms with E-state index in [1.165, 1.54) is 17.3 Å².